The molecule has 0 aliphatic carbocycles. The second kappa shape index (κ2) is 9.22. The molecule has 1 N–H and O–H groups in total. The lowest BCUT2D eigenvalue weighted by Crippen LogP contribution is -2.41. The van der Waals surface area contributed by atoms with Crippen molar-refractivity contribution in [3.8, 4) is 5.75 Å². The van der Waals surface area contributed by atoms with E-state index in [0.717, 1.165) is 13.1 Å². The maximum absolute atomic E-state index is 12.2. The van der Waals surface area contributed by atoms with Crippen LogP contribution in [0, 0.1) is 0 Å². The van der Waals surface area contributed by atoms with Gasteiger partial charge in [0.05, 0.1) is 6.04 Å². The van der Waals surface area contributed by atoms with E-state index in [0.29, 0.717) is 17.3 Å². The quantitative estimate of drug-likeness (QED) is 0.787. The molecule has 0 bridgehead atoms. The number of hydrogen-bond donors (Lipinski definition) is 1. The molecule has 1 aromatic carbocycles. The number of amides is 1. The molecule has 1 amide bonds. The van der Waals surface area contributed by atoms with Crippen molar-refractivity contribution in [3.05, 3.63) is 51.7 Å². The van der Waals surface area contributed by atoms with Gasteiger partial charge < -0.3 is 10.1 Å². The van der Waals surface area contributed by atoms with Crippen molar-refractivity contribution in [2.75, 3.05) is 26.2 Å². The lowest BCUT2D eigenvalue weighted by Gasteiger charge is -2.34. The number of nitrogens with zero attached hydrogens (tertiary/aromatic N) is 1. The third-order valence-corrected chi connectivity index (χ3v) is 5.60. The predicted molar refractivity (Wildman–Crippen MR) is 102 cm³/mol. The van der Waals surface area contributed by atoms with Crippen LogP contribution in [0.2, 0.25) is 5.02 Å². The Hall–Kier alpha value is -1.56. The van der Waals surface area contributed by atoms with Gasteiger partial charge in [0.25, 0.3) is 5.91 Å². The molecular formula is C19H23ClN2O2S. The summed E-state index contributed by atoms with van der Waals surface area (Å²) in [5.41, 5.74) is 0. The molecule has 1 saturated heterocycles. The summed E-state index contributed by atoms with van der Waals surface area (Å²) in [6.45, 7) is 2.82. The molecule has 1 aliphatic rings. The topological polar surface area (TPSA) is 41.6 Å². The first-order valence-corrected chi connectivity index (χ1v) is 9.90. The van der Waals surface area contributed by atoms with Gasteiger partial charge in [0.2, 0.25) is 0 Å². The Morgan fingerprint density at radius 1 is 1.20 bits per heavy atom. The van der Waals surface area contributed by atoms with Gasteiger partial charge in [0.15, 0.2) is 6.61 Å². The number of carbonyl (C=O) groups is 1. The van der Waals surface area contributed by atoms with Crippen molar-refractivity contribution in [2.45, 2.75) is 25.3 Å². The third-order valence-electron chi connectivity index (χ3n) is 4.38. The highest BCUT2D eigenvalue weighted by Crippen LogP contribution is 2.27. The summed E-state index contributed by atoms with van der Waals surface area (Å²) in [4.78, 5) is 16.0. The van der Waals surface area contributed by atoms with Gasteiger partial charge in [-0.3, -0.25) is 9.69 Å². The molecule has 0 radical (unpaired) electrons. The normalized spacial score (nSPS) is 16.4. The summed E-state index contributed by atoms with van der Waals surface area (Å²) >= 11 is 7.59. The highest BCUT2D eigenvalue weighted by molar-refractivity contribution is 7.10. The van der Waals surface area contributed by atoms with Crippen LogP contribution in [0.15, 0.2) is 41.8 Å². The fraction of sp³-hybridized carbons (Fsp3) is 0.421. The molecule has 4 nitrogen and oxygen atoms in total. The first-order chi connectivity index (χ1) is 12.2. The number of rotatable bonds is 7. The Morgan fingerprint density at radius 2 is 1.96 bits per heavy atom. The molecule has 25 heavy (non-hydrogen) atoms. The average Bonchev–Trinajstić information content (AvgIpc) is 3.17. The molecule has 134 valence electrons. The van der Waals surface area contributed by atoms with E-state index in [2.05, 4.69) is 27.7 Å². The second-order valence-corrected chi connectivity index (χ2v) is 7.59. The van der Waals surface area contributed by atoms with E-state index in [1.165, 1.54) is 24.1 Å². The molecule has 2 aromatic rings. The van der Waals surface area contributed by atoms with Gasteiger partial charge in [-0.25, -0.2) is 0 Å². The molecular weight excluding hydrogens is 356 g/mol. The Labute approximate surface area is 157 Å². The molecule has 1 aliphatic heterocycles. The van der Waals surface area contributed by atoms with Crippen LogP contribution in [-0.4, -0.2) is 37.0 Å². The maximum atomic E-state index is 12.2. The smallest absolute Gasteiger partial charge is 0.258 e. The lowest BCUT2D eigenvalue weighted by molar-refractivity contribution is -0.123. The van der Waals surface area contributed by atoms with Gasteiger partial charge in [-0.1, -0.05) is 24.1 Å². The Kier molecular flexibility index (Phi) is 6.73. The Morgan fingerprint density at radius 3 is 2.64 bits per heavy atom. The number of piperidine rings is 1. The monoisotopic (exact) mass is 378 g/mol. The molecule has 0 spiro atoms. The summed E-state index contributed by atoms with van der Waals surface area (Å²) in [6, 6.07) is 11.5. The van der Waals surface area contributed by atoms with Crippen LogP contribution in [-0.2, 0) is 4.79 Å². The number of hydrogen-bond acceptors (Lipinski definition) is 4. The number of benzene rings is 1. The van der Waals surface area contributed by atoms with Gasteiger partial charge >= 0.3 is 0 Å². The van der Waals surface area contributed by atoms with E-state index in [4.69, 9.17) is 16.3 Å². The van der Waals surface area contributed by atoms with Crippen molar-refractivity contribution in [2.24, 2.45) is 0 Å². The predicted octanol–water partition coefficient (Wildman–Crippen LogP) is 4.12. The Balaban J connectivity index is 1.51. The van der Waals surface area contributed by atoms with Crippen molar-refractivity contribution in [3.63, 3.8) is 0 Å². The van der Waals surface area contributed by atoms with E-state index < -0.39 is 0 Å². The van der Waals surface area contributed by atoms with Crippen LogP contribution in [0.25, 0.3) is 0 Å². The third kappa shape index (κ3) is 5.46. The van der Waals surface area contributed by atoms with Crippen molar-refractivity contribution < 1.29 is 9.53 Å². The number of halogens is 1. The van der Waals surface area contributed by atoms with Gasteiger partial charge in [0, 0.05) is 16.4 Å². The van der Waals surface area contributed by atoms with E-state index in [-0.39, 0.29) is 18.6 Å². The van der Waals surface area contributed by atoms with Crippen molar-refractivity contribution in [1.82, 2.24) is 10.2 Å². The van der Waals surface area contributed by atoms with E-state index in [9.17, 15) is 4.79 Å². The number of likely N-dealkylation sites (tertiary alicyclic amines) is 1. The van der Waals surface area contributed by atoms with Crippen LogP contribution in [0.4, 0.5) is 0 Å². The highest BCUT2D eigenvalue weighted by atomic mass is 35.5. The molecule has 6 heteroatoms. The minimum absolute atomic E-state index is 0.0127. The molecule has 1 aromatic heterocycles. The van der Waals surface area contributed by atoms with Crippen molar-refractivity contribution in [1.29, 1.82) is 0 Å². The summed E-state index contributed by atoms with van der Waals surface area (Å²) in [5, 5.41) is 5.77. The zero-order valence-electron chi connectivity index (χ0n) is 14.1. The fourth-order valence-electron chi connectivity index (χ4n) is 3.06. The number of nitrogens with one attached hydrogen (secondary N) is 1. The number of ether oxygens (including phenoxy) is 1. The summed E-state index contributed by atoms with van der Waals surface area (Å²) < 4.78 is 5.51. The van der Waals surface area contributed by atoms with Gasteiger partial charge in [0.1, 0.15) is 5.75 Å². The molecule has 1 atom stereocenters. The zero-order valence-corrected chi connectivity index (χ0v) is 15.7. The maximum Gasteiger partial charge on any atom is 0.258 e. The molecule has 0 saturated carbocycles. The second-order valence-electron chi connectivity index (χ2n) is 6.17. The minimum Gasteiger partial charge on any atom is -0.484 e. The highest BCUT2D eigenvalue weighted by Gasteiger charge is 2.23. The van der Waals surface area contributed by atoms with Crippen LogP contribution < -0.4 is 10.1 Å². The van der Waals surface area contributed by atoms with Gasteiger partial charge in [-0.15, -0.1) is 11.3 Å². The minimum atomic E-state index is -0.103. The van der Waals surface area contributed by atoms with Crippen molar-refractivity contribution >= 4 is 28.8 Å². The largest absolute Gasteiger partial charge is 0.484 e. The average molecular weight is 379 g/mol. The summed E-state index contributed by atoms with van der Waals surface area (Å²) in [6.07, 6.45) is 3.76. The van der Waals surface area contributed by atoms with E-state index in [1.807, 2.05) is 0 Å². The van der Waals surface area contributed by atoms with Gasteiger partial charge in [-0.2, -0.15) is 0 Å². The Bertz CT molecular complexity index is 655. The molecule has 1 fully saturated rings. The van der Waals surface area contributed by atoms with Gasteiger partial charge in [-0.05, 0) is 61.6 Å². The van der Waals surface area contributed by atoms with E-state index >= 15 is 0 Å². The molecule has 3 rings (SSSR count). The lowest BCUT2D eigenvalue weighted by atomic mass is 10.1. The fourth-order valence-corrected chi connectivity index (χ4v) is 4.05. The standard InChI is InChI=1S/C19H23ClN2O2S/c20-15-6-8-16(9-7-15)24-14-19(23)21-13-17(18-5-4-12-25-18)22-10-2-1-3-11-22/h4-9,12,17H,1-3,10-11,13-14H2,(H,21,23). The summed E-state index contributed by atoms with van der Waals surface area (Å²) in [7, 11) is 0. The zero-order chi connectivity index (χ0) is 17.5. The first kappa shape index (κ1) is 18.2. The van der Waals surface area contributed by atoms with Crippen LogP contribution in [0.1, 0.15) is 30.2 Å². The van der Waals surface area contributed by atoms with Crippen LogP contribution >= 0.6 is 22.9 Å². The van der Waals surface area contributed by atoms with Crippen LogP contribution in [0.3, 0.4) is 0 Å². The number of thiophene rings is 1. The van der Waals surface area contributed by atoms with Crippen LogP contribution in [0.5, 0.6) is 5.75 Å². The SMILES string of the molecule is O=C(COc1ccc(Cl)cc1)NCC(c1cccs1)N1CCCCC1. The molecule has 1 unspecified atom stereocenters. The number of carbonyl (C=O) groups excluding carboxylic acids is 1. The van der Waals surface area contributed by atoms with E-state index in [1.54, 1.807) is 35.6 Å². The summed E-state index contributed by atoms with van der Waals surface area (Å²) in [5.74, 6) is 0.541. The first-order valence-electron chi connectivity index (χ1n) is 8.65. The molecule has 2 heterocycles.